The monoisotopic (exact) mass is 407 g/mol. The van der Waals surface area contributed by atoms with Crippen LogP contribution in [0.2, 0.25) is 0 Å². The first-order valence-electron chi connectivity index (χ1n) is 8.71. The largest absolute Gasteiger partial charge is 0.870 e. The molecule has 1 aliphatic rings. The number of nitrogens with zero attached hydrogens (tertiary/aromatic N) is 1. The van der Waals surface area contributed by atoms with Crippen LogP contribution in [0.4, 0.5) is 8.78 Å². The number of hydrogen-bond acceptors (Lipinski definition) is 7. The zero-order valence-electron chi connectivity index (χ0n) is 15.8. The van der Waals surface area contributed by atoms with E-state index < -0.39 is 47.9 Å². The molecule has 0 fully saturated rings. The number of pyridine rings is 1. The van der Waals surface area contributed by atoms with Crippen LogP contribution in [0.1, 0.15) is 49.2 Å². The topological polar surface area (TPSA) is 101 Å². The molecular formula is C18H16BF2NO7. The van der Waals surface area contributed by atoms with Crippen molar-refractivity contribution in [3.63, 3.8) is 0 Å². The Morgan fingerprint density at radius 3 is 2.34 bits per heavy atom. The van der Waals surface area contributed by atoms with Gasteiger partial charge < -0.3 is 18.5 Å². The first-order valence-corrected chi connectivity index (χ1v) is 8.71. The molecule has 0 radical (unpaired) electrons. The Hall–Kier alpha value is -3.24. The van der Waals surface area contributed by atoms with E-state index in [1.165, 1.54) is 10.8 Å². The fourth-order valence-corrected chi connectivity index (χ4v) is 3.25. The highest BCUT2D eigenvalue weighted by Crippen LogP contribution is 2.32. The molecular weight excluding hydrogens is 391 g/mol. The van der Waals surface area contributed by atoms with Gasteiger partial charge in [0.2, 0.25) is 5.43 Å². The highest BCUT2D eigenvalue weighted by atomic mass is 19.2. The minimum Gasteiger partial charge on any atom is -0.462 e. The van der Waals surface area contributed by atoms with E-state index in [2.05, 4.69) is 9.31 Å². The standard InChI is InChI=1S/C18H16BF2NO7/c1-8-4-5-11-15(21)14(20)6-12-16(11)22(8)7-13(17(12)25)18(26)29-19(27-9(2)23)28-10(3)24/h6-8H,4-5H2,1-3H3/t8-/m0/s1. The Bertz CT molecular complexity index is 1080. The smallest absolute Gasteiger partial charge is 0.462 e. The quantitative estimate of drug-likeness (QED) is 0.716. The molecule has 2 heterocycles. The number of aryl methyl sites for hydroxylation is 1. The minimum atomic E-state index is -1.99. The first kappa shape index (κ1) is 20.5. The number of benzene rings is 1. The summed E-state index contributed by atoms with van der Waals surface area (Å²) >= 11 is 0. The molecule has 0 saturated heterocycles. The average molecular weight is 407 g/mol. The van der Waals surface area contributed by atoms with E-state index in [-0.39, 0.29) is 28.9 Å². The molecule has 1 aromatic carbocycles. The highest BCUT2D eigenvalue weighted by molar-refractivity contribution is 6.44. The van der Waals surface area contributed by atoms with Crippen molar-refractivity contribution in [2.24, 2.45) is 0 Å². The molecule has 0 unspecified atom stereocenters. The Morgan fingerprint density at radius 2 is 1.76 bits per heavy atom. The molecule has 29 heavy (non-hydrogen) atoms. The van der Waals surface area contributed by atoms with Crippen molar-refractivity contribution in [1.29, 1.82) is 0 Å². The Labute approximate surface area is 163 Å². The van der Waals surface area contributed by atoms with Gasteiger partial charge in [-0.15, -0.1) is 0 Å². The molecule has 2 aromatic rings. The SMILES string of the molecule is CC(=O)OB(OC(C)=O)OC(=O)c1cn2c3c(c(F)c(F)cc3c1=O)CC[C@@H]2C. The van der Waals surface area contributed by atoms with Crippen molar-refractivity contribution in [3.8, 4) is 0 Å². The third-order valence-electron chi connectivity index (χ3n) is 4.54. The summed E-state index contributed by atoms with van der Waals surface area (Å²) < 4.78 is 43.7. The summed E-state index contributed by atoms with van der Waals surface area (Å²) in [5.41, 5.74) is -1.12. The van der Waals surface area contributed by atoms with Crippen LogP contribution in [0.3, 0.4) is 0 Å². The predicted octanol–water partition coefficient (Wildman–Crippen LogP) is 2.05. The van der Waals surface area contributed by atoms with Crippen LogP contribution in [0.5, 0.6) is 0 Å². The molecule has 8 nitrogen and oxygen atoms in total. The van der Waals surface area contributed by atoms with Crippen LogP contribution in [0, 0.1) is 11.6 Å². The van der Waals surface area contributed by atoms with Crippen molar-refractivity contribution in [1.82, 2.24) is 4.57 Å². The maximum absolute atomic E-state index is 14.2. The molecule has 1 aliphatic heterocycles. The van der Waals surface area contributed by atoms with Gasteiger partial charge in [-0.25, -0.2) is 13.6 Å². The van der Waals surface area contributed by atoms with Gasteiger partial charge in [0, 0.05) is 37.0 Å². The van der Waals surface area contributed by atoms with E-state index in [1.54, 1.807) is 6.92 Å². The summed E-state index contributed by atoms with van der Waals surface area (Å²) in [6, 6.07) is 0.525. The number of aromatic nitrogens is 1. The van der Waals surface area contributed by atoms with Gasteiger partial charge in [-0.1, -0.05) is 0 Å². The second-order valence-electron chi connectivity index (χ2n) is 6.63. The van der Waals surface area contributed by atoms with Gasteiger partial charge in [0.1, 0.15) is 5.56 Å². The van der Waals surface area contributed by atoms with Crippen molar-refractivity contribution in [2.75, 3.05) is 0 Å². The lowest BCUT2D eigenvalue weighted by Crippen LogP contribution is -2.35. The molecule has 0 bridgehead atoms. The van der Waals surface area contributed by atoms with Gasteiger partial charge in [-0.3, -0.25) is 14.4 Å². The van der Waals surface area contributed by atoms with E-state index >= 15 is 0 Å². The molecule has 11 heteroatoms. The van der Waals surface area contributed by atoms with Crippen LogP contribution >= 0.6 is 0 Å². The van der Waals surface area contributed by atoms with Gasteiger partial charge in [0.15, 0.2) is 11.6 Å². The normalized spacial score (nSPS) is 15.0. The maximum Gasteiger partial charge on any atom is 0.870 e. The fraction of sp³-hybridized carbons (Fsp3) is 0.333. The molecule has 1 atom stereocenters. The van der Waals surface area contributed by atoms with Gasteiger partial charge >= 0.3 is 13.3 Å². The Balaban J connectivity index is 2.11. The summed E-state index contributed by atoms with van der Waals surface area (Å²) in [6.07, 6.45) is 1.88. The fourth-order valence-electron chi connectivity index (χ4n) is 3.25. The van der Waals surface area contributed by atoms with Gasteiger partial charge in [0.05, 0.1) is 5.52 Å². The molecule has 0 aliphatic carbocycles. The summed E-state index contributed by atoms with van der Waals surface area (Å²) in [6.45, 7) is 3.80. The zero-order valence-corrected chi connectivity index (χ0v) is 15.8. The predicted molar refractivity (Wildman–Crippen MR) is 95.9 cm³/mol. The summed E-state index contributed by atoms with van der Waals surface area (Å²) in [5.74, 6) is -5.28. The molecule has 3 rings (SSSR count). The van der Waals surface area contributed by atoms with Gasteiger partial charge in [-0.05, 0) is 25.8 Å². The zero-order chi connectivity index (χ0) is 21.5. The lowest BCUT2D eigenvalue weighted by molar-refractivity contribution is -0.139. The van der Waals surface area contributed by atoms with E-state index in [4.69, 9.17) is 4.65 Å². The maximum atomic E-state index is 14.2. The summed E-state index contributed by atoms with van der Waals surface area (Å²) in [7, 11) is -1.99. The third kappa shape index (κ3) is 3.85. The van der Waals surface area contributed by atoms with Crippen molar-refractivity contribution >= 4 is 36.1 Å². The number of hydrogen-bond donors (Lipinski definition) is 0. The van der Waals surface area contributed by atoms with Gasteiger partial charge in [-0.2, -0.15) is 0 Å². The summed E-state index contributed by atoms with van der Waals surface area (Å²) in [4.78, 5) is 47.5. The number of carbonyl (C=O) groups is 3. The molecule has 0 N–H and O–H groups in total. The van der Waals surface area contributed by atoms with Crippen LogP contribution in [-0.4, -0.2) is 29.8 Å². The molecule has 1 aromatic heterocycles. The van der Waals surface area contributed by atoms with Crippen molar-refractivity contribution < 1.29 is 37.1 Å². The van der Waals surface area contributed by atoms with E-state index in [0.717, 1.165) is 19.9 Å². The van der Waals surface area contributed by atoms with E-state index in [9.17, 15) is 28.0 Å². The summed E-state index contributed by atoms with van der Waals surface area (Å²) in [5, 5.41) is -0.184. The van der Waals surface area contributed by atoms with Crippen molar-refractivity contribution in [2.45, 2.75) is 39.7 Å². The molecule has 0 saturated carbocycles. The second-order valence-corrected chi connectivity index (χ2v) is 6.63. The third-order valence-corrected chi connectivity index (χ3v) is 4.54. The Morgan fingerprint density at radius 1 is 1.14 bits per heavy atom. The molecule has 152 valence electrons. The molecule has 0 spiro atoms. The number of rotatable bonds is 4. The van der Waals surface area contributed by atoms with Crippen LogP contribution in [0.25, 0.3) is 10.9 Å². The Kier molecular flexibility index (Phi) is 5.41. The van der Waals surface area contributed by atoms with Crippen LogP contribution < -0.4 is 5.43 Å². The van der Waals surface area contributed by atoms with Crippen LogP contribution in [-0.2, 0) is 30.0 Å². The van der Waals surface area contributed by atoms with Gasteiger partial charge in [0.25, 0.3) is 11.9 Å². The minimum absolute atomic E-state index is 0.0628. The first-order chi connectivity index (χ1) is 13.6. The number of carbonyl (C=O) groups excluding carboxylic acids is 3. The van der Waals surface area contributed by atoms with E-state index in [0.29, 0.717) is 6.42 Å². The van der Waals surface area contributed by atoms with Crippen molar-refractivity contribution in [3.05, 3.63) is 45.2 Å². The lowest BCUT2D eigenvalue weighted by Gasteiger charge is -2.27. The highest BCUT2D eigenvalue weighted by Gasteiger charge is 2.36. The lowest BCUT2D eigenvalue weighted by atomic mass is 9.95. The molecule has 0 amide bonds. The average Bonchev–Trinajstić information content (AvgIpc) is 2.61. The second kappa shape index (κ2) is 7.65. The number of halogens is 2. The van der Waals surface area contributed by atoms with Crippen LogP contribution in [0.15, 0.2) is 17.1 Å². The van der Waals surface area contributed by atoms with E-state index in [1.807, 2.05) is 0 Å².